The largest absolute Gasteiger partial charge is 0.373 e. The van der Waals surface area contributed by atoms with Crippen LogP contribution in [-0.4, -0.2) is 14.7 Å². The second-order valence-corrected chi connectivity index (χ2v) is 4.36. The van der Waals surface area contributed by atoms with Crippen LogP contribution in [0.1, 0.15) is 18.9 Å². The van der Waals surface area contributed by atoms with Crippen LogP contribution >= 0.6 is 0 Å². The van der Waals surface area contributed by atoms with E-state index < -0.39 is 10.7 Å². The van der Waals surface area contributed by atoms with Crippen LogP contribution in [0.5, 0.6) is 0 Å². The highest BCUT2D eigenvalue weighted by molar-refractivity contribution is 5.62. The zero-order valence-corrected chi connectivity index (χ0v) is 11.0. The molecule has 0 saturated heterocycles. The predicted molar refractivity (Wildman–Crippen MR) is 72.9 cm³/mol. The van der Waals surface area contributed by atoms with E-state index in [-0.39, 0.29) is 17.9 Å². The van der Waals surface area contributed by atoms with E-state index in [0.717, 1.165) is 18.5 Å². The molecule has 0 fully saturated rings. The zero-order valence-electron chi connectivity index (χ0n) is 11.0. The molecule has 0 atom stereocenters. The number of anilines is 1. The summed E-state index contributed by atoms with van der Waals surface area (Å²) in [5.74, 6) is -0.639. The lowest BCUT2D eigenvalue weighted by atomic mass is 10.2. The number of aromatic nitrogens is 2. The standard InChI is InChI=1S/C13H15FN4O2/c1-2-6-17-9-10(8-16-17)7-15-13-11(14)4-3-5-12(13)18(19)20/h3-5,8-9,15H,2,6-7H2,1H3. The number of para-hydroxylation sites is 1. The molecular weight excluding hydrogens is 263 g/mol. The second kappa shape index (κ2) is 6.14. The average molecular weight is 278 g/mol. The predicted octanol–water partition coefficient (Wildman–Crippen LogP) is 2.95. The van der Waals surface area contributed by atoms with E-state index in [1.807, 2.05) is 13.1 Å². The first kappa shape index (κ1) is 14.0. The van der Waals surface area contributed by atoms with Gasteiger partial charge in [0.1, 0.15) is 5.69 Å². The quantitative estimate of drug-likeness (QED) is 0.651. The van der Waals surface area contributed by atoms with Crippen LogP contribution in [0.2, 0.25) is 0 Å². The number of hydrogen-bond acceptors (Lipinski definition) is 4. The molecule has 0 amide bonds. The molecule has 0 bridgehead atoms. The molecule has 20 heavy (non-hydrogen) atoms. The van der Waals surface area contributed by atoms with Crippen molar-refractivity contribution in [1.82, 2.24) is 9.78 Å². The second-order valence-electron chi connectivity index (χ2n) is 4.36. The molecule has 0 saturated carbocycles. The molecule has 1 aromatic heterocycles. The molecule has 2 aromatic rings. The minimum Gasteiger partial charge on any atom is -0.373 e. The van der Waals surface area contributed by atoms with Gasteiger partial charge in [-0.3, -0.25) is 14.8 Å². The highest BCUT2D eigenvalue weighted by Crippen LogP contribution is 2.27. The van der Waals surface area contributed by atoms with Gasteiger partial charge in [0.25, 0.3) is 5.69 Å². The molecule has 0 spiro atoms. The lowest BCUT2D eigenvalue weighted by Crippen LogP contribution is -2.04. The minimum absolute atomic E-state index is 0.0965. The summed E-state index contributed by atoms with van der Waals surface area (Å²) in [5, 5.41) is 17.8. The number of halogens is 1. The number of nitrogens with one attached hydrogen (secondary N) is 1. The number of benzene rings is 1. The van der Waals surface area contributed by atoms with Crippen LogP contribution < -0.4 is 5.32 Å². The summed E-state index contributed by atoms with van der Waals surface area (Å²) in [4.78, 5) is 10.3. The van der Waals surface area contributed by atoms with Crippen molar-refractivity contribution < 1.29 is 9.31 Å². The fourth-order valence-electron chi connectivity index (χ4n) is 1.88. The molecule has 1 heterocycles. The number of nitrogens with zero attached hydrogens (tertiary/aromatic N) is 3. The number of rotatable bonds is 6. The van der Waals surface area contributed by atoms with E-state index in [2.05, 4.69) is 10.4 Å². The van der Waals surface area contributed by atoms with Crippen LogP contribution in [0.3, 0.4) is 0 Å². The van der Waals surface area contributed by atoms with Gasteiger partial charge in [-0.15, -0.1) is 0 Å². The van der Waals surface area contributed by atoms with Crippen LogP contribution in [0.25, 0.3) is 0 Å². The molecule has 2 rings (SSSR count). The first-order valence-electron chi connectivity index (χ1n) is 6.30. The Hall–Kier alpha value is -2.44. The van der Waals surface area contributed by atoms with Gasteiger partial charge >= 0.3 is 0 Å². The van der Waals surface area contributed by atoms with E-state index in [1.54, 1.807) is 10.9 Å². The number of aryl methyl sites for hydroxylation is 1. The monoisotopic (exact) mass is 278 g/mol. The van der Waals surface area contributed by atoms with E-state index >= 15 is 0 Å². The summed E-state index contributed by atoms with van der Waals surface area (Å²) in [6, 6.07) is 3.78. The Morgan fingerprint density at radius 1 is 1.50 bits per heavy atom. The highest BCUT2D eigenvalue weighted by Gasteiger charge is 2.17. The number of hydrogen-bond donors (Lipinski definition) is 1. The molecule has 1 aromatic carbocycles. The third-order valence-corrected chi connectivity index (χ3v) is 2.80. The Labute approximate surface area is 115 Å². The van der Waals surface area contributed by atoms with Gasteiger partial charge in [-0.2, -0.15) is 5.10 Å². The fraction of sp³-hybridized carbons (Fsp3) is 0.308. The molecule has 0 unspecified atom stereocenters. The summed E-state index contributed by atoms with van der Waals surface area (Å²) in [7, 11) is 0. The van der Waals surface area contributed by atoms with Crippen molar-refractivity contribution in [2.75, 3.05) is 5.32 Å². The average Bonchev–Trinajstić information content (AvgIpc) is 2.85. The SMILES string of the molecule is CCCn1cc(CNc2c(F)cccc2[N+](=O)[O-])cn1. The number of nitro benzene ring substituents is 1. The maximum absolute atomic E-state index is 13.7. The van der Waals surface area contributed by atoms with Crippen molar-refractivity contribution in [3.63, 3.8) is 0 Å². The van der Waals surface area contributed by atoms with Crippen molar-refractivity contribution >= 4 is 11.4 Å². The smallest absolute Gasteiger partial charge is 0.295 e. The maximum atomic E-state index is 13.7. The zero-order chi connectivity index (χ0) is 14.5. The third kappa shape index (κ3) is 3.11. The summed E-state index contributed by atoms with van der Waals surface area (Å²) < 4.78 is 15.4. The Kier molecular flexibility index (Phi) is 4.29. The molecule has 1 N–H and O–H groups in total. The van der Waals surface area contributed by atoms with Gasteiger partial charge in [0, 0.05) is 30.9 Å². The van der Waals surface area contributed by atoms with Crippen LogP contribution in [0, 0.1) is 15.9 Å². The lowest BCUT2D eigenvalue weighted by molar-refractivity contribution is -0.384. The summed E-state index contributed by atoms with van der Waals surface area (Å²) in [5.41, 5.74) is 0.475. The van der Waals surface area contributed by atoms with E-state index in [1.165, 1.54) is 18.2 Å². The summed E-state index contributed by atoms with van der Waals surface area (Å²) in [6.45, 7) is 3.13. The van der Waals surface area contributed by atoms with Crippen molar-refractivity contribution in [1.29, 1.82) is 0 Å². The van der Waals surface area contributed by atoms with Crippen LogP contribution in [-0.2, 0) is 13.1 Å². The van der Waals surface area contributed by atoms with Gasteiger partial charge in [0.05, 0.1) is 11.1 Å². The topological polar surface area (TPSA) is 73.0 Å². The van der Waals surface area contributed by atoms with Crippen molar-refractivity contribution in [3.05, 3.63) is 52.1 Å². The van der Waals surface area contributed by atoms with E-state index in [0.29, 0.717) is 0 Å². The van der Waals surface area contributed by atoms with Crippen molar-refractivity contribution in [2.45, 2.75) is 26.4 Å². The maximum Gasteiger partial charge on any atom is 0.295 e. The third-order valence-electron chi connectivity index (χ3n) is 2.80. The van der Waals surface area contributed by atoms with Crippen molar-refractivity contribution in [3.8, 4) is 0 Å². The minimum atomic E-state index is -0.639. The Morgan fingerprint density at radius 2 is 2.30 bits per heavy atom. The van der Waals surface area contributed by atoms with Gasteiger partial charge in [-0.1, -0.05) is 13.0 Å². The molecule has 0 radical (unpaired) electrons. The highest BCUT2D eigenvalue weighted by atomic mass is 19.1. The van der Waals surface area contributed by atoms with Gasteiger partial charge in [0.15, 0.2) is 5.82 Å². The van der Waals surface area contributed by atoms with Gasteiger partial charge in [-0.25, -0.2) is 4.39 Å². The molecule has 0 aliphatic rings. The Morgan fingerprint density at radius 3 is 3.00 bits per heavy atom. The first-order valence-corrected chi connectivity index (χ1v) is 6.30. The fourth-order valence-corrected chi connectivity index (χ4v) is 1.88. The van der Waals surface area contributed by atoms with Gasteiger partial charge in [-0.05, 0) is 12.5 Å². The Bertz CT molecular complexity index is 612. The summed E-state index contributed by atoms with van der Waals surface area (Å²) >= 11 is 0. The van der Waals surface area contributed by atoms with Gasteiger partial charge in [0.2, 0.25) is 0 Å². The molecule has 0 aliphatic heterocycles. The van der Waals surface area contributed by atoms with Crippen LogP contribution in [0.4, 0.5) is 15.8 Å². The molecule has 106 valence electrons. The molecule has 7 heteroatoms. The molecule has 0 aliphatic carbocycles. The van der Waals surface area contributed by atoms with Crippen molar-refractivity contribution in [2.24, 2.45) is 0 Å². The van der Waals surface area contributed by atoms with E-state index in [4.69, 9.17) is 0 Å². The Balaban J connectivity index is 2.12. The van der Waals surface area contributed by atoms with Crippen LogP contribution in [0.15, 0.2) is 30.6 Å². The first-order chi connectivity index (χ1) is 9.61. The molecule has 6 nitrogen and oxygen atoms in total. The molecular formula is C13H15FN4O2. The number of nitro groups is 1. The lowest BCUT2D eigenvalue weighted by Gasteiger charge is -2.06. The summed E-state index contributed by atoms with van der Waals surface area (Å²) in [6.07, 6.45) is 4.46. The normalized spacial score (nSPS) is 10.5. The van der Waals surface area contributed by atoms with E-state index in [9.17, 15) is 14.5 Å². The van der Waals surface area contributed by atoms with Gasteiger partial charge < -0.3 is 5.32 Å².